The van der Waals surface area contributed by atoms with Gasteiger partial charge in [0.1, 0.15) is 11.6 Å². The molecule has 7 heteroatoms. The van der Waals surface area contributed by atoms with Crippen LogP contribution in [-0.2, 0) is 4.79 Å². The first-order valence-corrected chi connectivity index (χ1v) is 7.33. The van der Waals surface area contributed by atoms with E-state index in [1.165, 1.54) is 0 Å². The van der Waals surface area contributed by atoms with Crippen LogP contribution in [0.15, 0.2) is 31.0 Å². The van der Waals surface area contributed by atoms with Crippen molar-refractivity contribution in [1.29, 1.82) is 0 Å². The first-order chi connectivity index (χ1) is 10.7. The monoisotopic (exact) mass is 298 g/mol. The largest absolute Gasteiger partial charge is 0.342 e. The summed E-state index contributed by atoms with van der Waals surface area (Å²) in [6.45, 7) is 3.18. The third-order valence-corrected chi connectivity index (χ3v) is 3.78. The summed E-state index contributed by atoms with van der Waals surface area (Å²) in [6, 6.07) is 0. The van der Waals surface area contributed by atoms with Crippen molar-refractivity contribution in [3.8, 4) is 0 Å². The molecule has 0 spiro atoms. The molecular weight excluding hydrogens is 280 g/mol. The van der Waals surface area contributed by atoms with Gasteiger partial charge in [-0.1, -0.05) is 0 Å². The molecule has 2 aromatic rings. The lowest BCUT2D eigenvalue weighted by Crippen LogP contribution is -2.37. The number of nitrogens with zero attached hydrogens (tertiary/aromatic N) is 5. The summed E-state index contributed by atoms with van der Waals surface area (Å²) in [6.07, 6.45) is 10.4. The molecule has 0 bridgehead atoms. The number of amides is 1. The van der Waals surface area contributed by atoms with Gasteiger partial charge >= 0.3 is 0 Å². The molecule has 1 N–H and O–H groups in total. The van der Waals surface area contributed by atoms with Gasteiger partial charge < -0.3 is 10.2 Å². The number of anilines is 2. The first kappa shape index (κ1) is 14.4. The zero-order valence-electron chi connectivity index (χ0n) is 12.4. The van der Waals surface area contributed by atoms with Crippen molar-refractivity contribution in [3.63, 3.8) is 0 Å². The molecule has 1 saturated heterocycles. The first-order valence-electron chi connectivity index (χ1n) is 7.33. The smallest absolute Gasteiger partial charge is 0.219 e. The molecule has 7 nitrogen and oxygen atoms in total. The van der Waals surface area contributed by atoms with Crippen LogP contribution in [0.4, 0.5) is 11.6 Å². The quantitative estimate of drug-likeness (QED) is 0.929. The van der Waals surface area contributed by atoms with E-state index in [1.807, 2.05) is 4.90 Å². The van der Waals surface area contributed by atoms with Gasteiger partial charge in [0.25, 0.3) is 0 Å². The Kier molecular flexibility index (Phi) is 4.22. The highest BCUT2D eigenvalue weighted by Gasteiger charge is 2.23. The van der Waals surface area contributed by atoms with Crippen LogP contribution in [0.2, 0.25) is 0 Å². The number of nitrogens with one attached hydrogen (secondary N) is 1. The van der Waals surface area contributed by atoms with Gasteiger partial charge in [-0.05, 0) is 12.8 Å². The number of piperidine rings is 1. The maximum Gasteiger partial charge on any atom is 0.219 e. The SMILES string of the molecule is CC(=O)N1CCCC(c2cnc(Nc3cnccn3)cn2)C1. The van der Waals surface area contributed by atoms with E-state index in [1.54, 1.807) is 37.9 Å². The number of rotatable bonds is 3. The maximum atomic E-state index is 11.5. The minimum atomic E-state index is 0.124. The number of carbonyl (C=O) groups is 1. The molecular formula is C15H18N6O. The van der Waals surface area contributed by atoms with E-state index in [2.05, 4.69) is 25.3 Å². The number of likely N-dealkylation sites (tertiary alicyclic amines) is 1. The standard InChI is InChI=1S/C15H18N6O/c1-11(22)21-6-2-3-12(10-21)13-7-19-15(9-18-13)20-14-8-16-4-5-17-14/h4-5,7-9,12H,2-3,6,10H2,1H3,(H,17,19,20). The highest BCUT2D eigenvalue weighted by molar-refractivity contribution is 5.73. The second-order valence-corrected chi connectivity index (χ2v) is 5.35. The summed E-state index contributed by atoms with van der Waals surface area (Å²) in [4.78, 5) is 30.3. The summed E-state index contributed by atoms with van der Waals surface area (Å²) in [5, 5.41) is 3.05. The van der Waals surface area contributed by atoms with Gasteiger partial charge in [-0.15, -0.1) is 0 Å². The van der Waals surface area contributed by atoms with Gasteiger partial charge in [-0.25, -0.2) is 9.97 Å². The number of aromatic nitrogens is 4. The average Bonchev–Trinajstić information content (AvgIpc) is 2.56. The van der Waals surface area contributed by atoms with E-state index in [9.17, 15) is 4.79 Å². The minimum Gasteiger partial charge on any atom is -0.342 e. The normalized spacial score (nSPS) is 18.0. The molecule has 3 rings (SSSR count). The van der Waals surface area contributed by atoms with Gasteiger partial charge in [-0.2, -0.15) is 0 Å². The predicted molar refractivity (Wildman–Crippen MR) is 81.6 cm³/mol. The molecule has 1 aliphatic rings. The molecule has 1 amide bonds. The average molecular weight is 298 g/mol. The lowest BCUT2D eigenvalue weighted by atomic mass is 9.95. The van der Waals surface area contributed by atoms with Gasteiger partial charge in [-0.3, -0.25) is 14.8 Å². The summed E-state index contributed by atoms with van der Waals surface area (Å²) in [5.74, 6) is 1.64. The topological polar surface area (TPSA) is 83.9 Å². The van der Waals surface area contributed by atoms with E-state index in [4.69, 9.17) is 0 Å². The Bertz CT molecular complexity index is 630. The van der Waals surface area contributed by atoms with E-state index in [0.29, 0.717) is 11.6 Å². The van der Waals surface area contributed by atoms with Crippen LogP contribution in [0.3, 0.4) is 0 Å². The van der Waals surface area contributed by atoms with Crippen LogP contribution < -0.4 is 5.32 Å². The van der Waals surface area contributed by atoms with Crippen molar-refractivity contribution in [3.05, 3.63) is 36.7 Å². The molecule has 114 valence electrons. The fraction of sp³-hybridized carbons (Fsp3) is 0.400. The summed E-state index contributed by atoms with van der Waals surface area (Å²) in [7, 11) is 0. The molecule has 0 aliphatic carbocycles. The number of hydrogen-bond donors (Lipinski definition) is 1. The minimum absolute atomic E-state index is 0.124. The Morgan fingerprint density at radius 3 is 2.73 bits per heavy atom. The van der Waals surface area contributed by atoms with Crippen molar-refractivity contribution in [2.75, 3.05) is 18.4 Å². The van der Waals surface area contributed by atoms with Crippen LogP contribution in [0.5, 0.6) is 0 Å². The molecule has 0 radical (unpaired) electrons. The third-order valence-electron chi connectivity index (χ3n) is 3.78. The van der Waals surface area contributed by atoms with E-state index in [0.717, 1.165) is 31.6 Å². The van der Waals surface area contributed by atoms with E-state index >= 15 is 0 Å². The van der Waals surface area contributed by atoms with Crippen molar-refractivity contribution >= 4 is 17.5 Å². The van der Waals surface area contributed by atoms with Crippen molar-refractivity contribution in [2.24, 2.45) is 0 Å². The fourth-order valence-electron chi connectivity index (χ4n) is 2.61. The Morgan fingerprint density at radius 2 is 2.05 bits per heavy atom. The molecule has 1 fully saturated rings. The summed E-state index contributed by atoms with van der Waals surface area (Å²) >= 11 is 0. The molecule has 0 saturated carbocycles. The second kappa shape index (κ2) is 6.46. The molecule has 3 heterocycles. The van der Waals surface area contributed by atoms with E-state index < -0.39 is 0 Å². The van der Waals surface area contributed by atoms with Crippen LogP contribution in [0.25, 0.3) is 0 Å². The molecule has 1 aliphatic heterocycles. The highest BCUT2D eigenvalue weighted by atomic mass is 16.2. The molecule has 22 heavy (non-hydrogen) atoms. The highest BCUT2D eigenvalue weighted by Crippen LogP contribution is 2.25. The third kappa shape index (κ3) is 3.36. The zero-order chi connectivity index (χ0) is 15.4. The number of carbonyl (C=O) groups excluding carboxylic acids is 1. The van der Waals surface area contributed by atoms with Crippen molar-refractivity contribution < 1.29 is 4.79 Å². The van der Waals surface area contributed by atoms with Crippen LogP contribution in [0, 0.1) is 0 Å². The van der Waals surface area contributed by atoms with Crippen molar-refractivity contribution in [1.82, 2.24) is 24.8 Å². The molecule has 1 unspecified atom stereocenters. The van der Waals surface area contributed by atoms with Crippen LogP contribution >= 0.6 is 0 Å². The Hall–Kier alpha value is -2.57. The van der Waals surface area contributed by atoms with Crippen LogP contribution in [-0.4, -0.2) is 43.8 Å². The van der Waals surface area contributed by atoms with Gasteiger partial charge in [0.15, 0.2) is 0 Å². The predicted octanol–water partition coefficient (Wildman–Crippen LogP) is 1.74. The summed E-state index contributed by atoms with van der Waals surface area (Å²) in [5.41, 5.74) is 0.927. The van der Waals surface area contributed by atoms with Gasteiger partial charge in [0.2, 0.25) is 5.91 Å². The van der Waals surface area contributed by atoms with Gasteiger partial charge in [0.05, 0.1) is 24.3 Å². The number of hydrogen-bond acceptors (Lipinski definition) is 6. The summed E-state index contributed by atoms with van der Waals surface area (Å²) < 4.78 is 0. The van der Waals surface area contributed by atoms with Crippen LogP contribution in [0.1, 0.15) is 31.4 Å². The van der Waals surface area contributed by atoms with Gasteiger partial charge in [0, 0.05) is 38.3 Å². The Labute approximate surface area is 128 Å². The van der Waals surface area contributed by atoms with E-state index in [-0.39, 0.29) is 11.8 Å². The lowest BCUT2D eigenvalue weighted by Gasteiger charge is -2.31. The zero-order valence-corrected chi connectivity index (χ0v) is 12.4. The maximum absolute atomic E-state index is 11.5. The lowest BCUT2D eigenvalue weighted by molar-refractivity contribution is -0.130. The second-order valence-electron chi connectivity index (χ2n) is 5.35. The van der Waals surface area contributed by atoms with Crippen molar-refractivity contribution in [2.45, 2.75) is 25.7 Å². The molecule has 2 aromatic heterocycles. The molecule has 1 atom stereocenters. The Morgan fingerprint density at radius 1 is 1.18 bits per heavy atom. The fourth-order valence-corrected chi connectivity index (χ4v) is 2.61. The Balaban J connectivity index is 1.67. The molecule has 0 aromatic carbocycles.